The highest BCUT2D eigenvalue weighted by Gasteiger charge is 2.33. The summed E-state index contributed by atoms with van der Waals surface area (Å²) in [6.07, 6.45) is 7.23. The van der Waals surface area contributed by atoms with E-state index in [1.54, 1.807) is 0 Å². The quantitative estimate of drug-likeness (QED) is 0.904. The Morgan fingerprint density at radius 1 is 1.10 bits per heavy atom. The molecule has 2 fully saturated rings. The predicted octanol–water partition coefficient (Wildman–Crippen LogP) is 3.60. The van der Waals surface area contributed by atoms with Crippen molar-refractivity contribution in [1.29, 1.82) is 0 Å². The molecule has 1 aliphatic heterocycles. The van der Waals surface area contributed by atoms with E-state index in [9.17, 15) is 0 Å². The lowest BCUT2D eigenvalue weighted by Crippen LogP contribution is -2.55. The summed E-state index contributed by atoms with van der Waals surface area (Å²) in [6, 6.07) is 12.2. The predicted molar refractivity (Wildman–Crippen MR) is 84.8 cm³/mol. The molecule has 20 heavy (non-hydrogen) atoms. The van der Waals surface area contributed by atoms with Gasteiger partial charge in [0.25, 0.3) is 0 Å². The van der Waals surface area contributed by atoms with Crippen LogP contribution in [0.3, 0.4) is 0 Å². The Balaban J connectivity index is 1.66. The Hall–Kier alpha value is -0.860. The molecule has 110 valence electrons. The molecule has 2 unspecified atom stereocenters. The van der Waals surface area contributed by atoms with E-state index in [-0.39, 0.29) is 0 Å². The van der Waals surface area contributed by atoms with Crippen molar-refractivity contribution in [2.45, 2.75) is 51.1 Å². The lowest BCUT2D eigenvalue weighted by atomic mass is 9.82. The summed E-state index contributed by atoms with van der Waals surface area (Å²) in [4.78, 5) is 2.73. The van der Waals surface area contributed by atoms with Gasteiger partial charge in [0, 0.05) is 25.2 Å². The van der Waals surface area contributed by atoms with Crippen LogP contribution in [-0.4, -0.2) is 30.6 Å². The van der Waals surface area contributed by atoms with Crippen LogP contribution in [0.25, 0.3) is 0 Å². The molecule has 0 spiro atoms. The van der Waals surface area contributed by atoms with Gasteiger partial charge in [-0.3, -0.25) is 4.90 Å². The van der Waals surface area contributed by atoms with Gasteiger partial charge in [0.05, 0.1) is 0 Å². The minimum Gasteiger partial charge on any atom is -0.307 e. The molecule has 1 heterocycles. The maximum absolute atomic E-state index is 3.81. The van der Waals surface area contributed by atoms with Gasteiger partial charge in [-0.1, -0.05) is 56.5 Å². The first kappa shape index (κ1) is 14.1. The third-order valence-electron chi connectivity index (χ3n) is 5.26. The third kappa shape index (κ3) is 3.07. The van der Waals surface area contributed by atoms with Crippen LogP contribution in [0.15, 0.2) is 30.3 Å². The zero-order valence-electron chi connectivity index (χ0n) is 12.7. The van der Waals surface area contributed by atoms with Gasteiger partial charge < -0.3 is 5.32 Å². The van der Waals surface area contributed by atoms with Crippen LogP contribution in [0.2, 0.25) is 0 Å². The summed E-state index contributed by atoms with van der Waals surface area (Å²) < 4.78 is 0. The number of piperazine rings is 1. The molecule has 0 bridgehead atoms. The molecule has 1 aliphatic carbocycles. The lowest BCUT2D eigenvalue weighted by Gasteiger charge is -2.44. The molecular formula is C18H28N2. The van der Waals surface area contributed by atoms with Crippen molar-refractivity contribution in [2.75, 3.05) is 19.6 Å². The second-order valence-electron chi connectivity index (χ2n) is 6.42. The third-order valence-corrected chi connectivity index (χ3v) is 5.26. The number of rotatable bonds is 3. The van der Waals surface area contributed by atoms with Crippen molar-refractivity contribution >= 4 is 0 Å². The van der Waals surface area contributed by atoms with Crippen molar-refractivity contribution in [1.82, 2.24) is 10.2 Å². The van der Waals surface area contributed by atoms with Crippen LogP contribution in [0.5, 0.6) is 0 Å². The van der Waals surface area contributed by atoms with Crippen molar-refractivity contribution in [3.63, 3.8) is 0 Å². The molecule has 1 N–H and O–H groups in total. The Morgan fingerprint density at radius 3 is 2.55 bits per heavy atom. The highest BCUT2D eigenvalue weighted by Crippen LogP contribution is 2.31. The largest absolute Gasteiger partial charge is 0.307 e. The van der Waals surface area contributed by atoms with E-state index in [0.717, 1.165) is 18.5 Å². The van der Waals surface area contributed by atoms with Gasteiger partial charge in [-0.2, -0.15) is 0 Å². The number of hydrogen-bond acceptors (Lipinski definition) is 2. The van der Waals surface area contributed by atoms with E-state index in [0.29, 0.717) is 6.04 Å². The molecule has 2 nitrogen and oxygen atoms in total. The van der Waals surface area contributed by atoms with Crippen LogP contribution >= 0.6 is 0 Å². The van der Waals surface area contributed by atoms with Gasteiger partial charge in [0.15, 0.2) is 0 Å². The first-order valence-electron chi connectivity index (χ1n) is 8.41. The highest BCUT2D eigenvalue weighted by molar-refractivity contribution is 5.20. The SMILES string of the molecule is CCN1CC(c2ccccc2)NCC1C1CCCCC1. The molecule has 1 aromatic carbocycles. The van der Waals surface area contributed by atoms with E-state index in [1.165, 1.54) is 50.8 Å². The van der Waals surface area contributed by atoms with Crippen molar-refractivity contribution in [3.05, 3.63) is 35.9 Å². The summed E-state index contributed by atoms with van der Waals surface area (Å²) in [5, 5.41) is 3.81. The van der Waals surface area contributed by atoms with E-state index in [1.807, 2.05) is 0 Å². The smallest absolute Gasteiger partial charge is 0.0449 e. The number of benzene rings is 1. The van der Waals surface area contributed by atoms with E-state index < -0.39 is 0 Å². The second-order valence-corrected chi connectivity index (χ2v) is 6.42. The Morgan fingerprint density at radius 2 is 1.85 bits per heavy atom. The van der Waals surface area contributed by atoms with Gasteiger partial charge in [0.2, 0.25) is 0 Å². The molecule has 0 aromatic heterocycles. The molecule has 3 rings (SSSR count). The summed E-state index contributed by atoms with van der Waals surface area (Å²) >= 11 is 0. The summed E-state index contributed by atoms with van der Waals surface area (Å²) in [6.45, 7) is 5.84. The molecule has 0 amide bonds. The second kappa shape index (κ2) is 6.73. The fraction of sp³-hybridized carbons (Fsp3) is 0.667. The van der Waals surface area contributed by atoms with Gasteiger partial charge in [-0.05, 0) is 30.9 Å². The summed E-state index contributed by atoms with van der Waals surface area (Å²) in [5.41, 5.74) is 1.44. The summed E-state index contributed by atoms with van der Waals surface area (Å²) in [5.74, 6) is 0.924. The Bertz CT molecular complexity index is 397. The monoisotopic (exact) mass is 272 g/mol. The van der Waals surface area contributed by atoms with Crippen LogP contribution in [0.1, 0.15) is 50.6 Å². The molecule has 1 saturated carbocycles. The molecule has 0 radical (unpaired) electrons. The average Bonchev–Trinajstić information content (AvgIpc) is 2.56. The number of nitrogens with zero attached hydrogens (tertiary/aromatic N) is 1. The standard InChI is InChI=1S/C18H28N2/c1-2-20-14-17(15-9-5-3-6-10-15)19-13-18(20)16-11-7-4-8-12-16/h3,5-6,9-10,16-19H,2,4,7-8,11-14H2,1H3. The number of nitrogens with one attached hydrogen (secondary N) is 1. The average molecular weight is 272 g/mol. The Kier molecular flexibility index (Phi) is 4.74. The molecule has 2 heteroatoms. The molecule has 1 saturated heterocycles. The minimum absolute atomic E-state index is 0.510. The van der Waals surface area contributed by atoms with Gasteiger partial charge in [0.1, 0.15) is 0 Å². The topological polar surface area (TPSA) is 15.3 Å². The van der Waals surface area contributed by atoms with E-state index >= 15 is 0 Å². The Labute approximate surface area is 123 Å². The molecule has 1 aromatic rings. The van der Waals surface area contributed by atoms with E-state index in [2.05, 4.69) is 47.5 Å². The lowest BCUT2D eigenvalue weighted by molar-refractivity contribution is 0.0766. The zero-order valence-corrected chi connectivity index (χ0v) is 12.7. The minimum atomic E-state index is 0.510. The molecule has 2 atom stereocenters. The van der Waals surface area contributed by atoms with Crippen molar-refractivity contribution in [3.8, 4) is 0 Å². The number of likely N-dealkylation sites (N-methyl/N-ethyl adjacent to an activating group) is 1. The highest BCUT2D eigenvalue weighted by atomic mass is 15.2. The maximum Gasteiger partial charge on any atom is 0.0449 e. The normalized spacial score (nSPS) is 29.4. The van der Waals surface area contributed by atoms with Gasteiger partial charge in [-0.15, -0.1) is 0 Å². The zero-order chi connectivity index (χ0) is 13.8. The van der Waals surface area contributed by atoms with Crippen molar-refractivity contribution in [2.24, 2.45) is 5.92 Å². The van der Waals surface area contributed by atoms with Crippen LogP contribution in [0, 0.1) is 5.92 Å². The number of hydrogen-bond donors (Lipinski definition) is 1. The van der Waals surface area contributed by atoms with Crippen LogP contribution in [0.4, 0.5) is 0 Å². The molecular weight excluding hydrogens is 244 g/mol. The van der Waals surface area contributed by atoms with Crippen LogP contribution < -0.4 is 5.32 Å². The fourth-order valence-electron chi connectivity index (χ4n) is 4.08. The van der Waals surface area contributed by atoms with Crippen molar-refractivity contribution < 1.29 is 0 Å². The first-order valence-corrected chi connectivity index (χ1v) is 8.41. The fourth-order valence-corrected chi connectivity index (χ4v) is 4.08. The van der Waals surface area contributed by atoms with Gasteiger partial charge >= 0.3 is 0 Å². The molecule has 2 aliphatic rings. The van der Waals surface area contributed by atoms with Crippen LogP contribution in [-0.2, 0) is 0 Å². The first-order chi connectivity index (χ1) is 9.88. The van der Waals surface area contributed by atoms with Gasteiger partial charge in [-0.25, -0.2) is 0 Å². The maximum atomic E-state index is 3.81. The van der Waals surface area contributed by atoms with E-state index in [4.69, 9.17) is 0 Å². The summed E-state index contributed by atoms with van der Waals surface area (Å²) in [7, 11) is 0.